The third-order valence-corrected chi connectivity index (χ3v) is 6.89. The molecule has 4 aromatic rings. The molecule has 1 saturated carbocycles. The van der Waals surface area contributed by atoms with Gasteiger partial charge < -0.3 is 15.0 Å². The van der Waals surface area contributed by atoms with Gasteiger partial charge in [0.05, 0.1) is 12.6 Å². The minimum Gasteiger partial charge on any atom is -0.497 e. The summed E-state index contributed by atoms with van der Waals surface area (Å²) in [6.45, 7) is 0.199. The summed E-state index contributed by atoms with van der Waals surface area (Å²) in [4.78, 5) is 29.4. The first-order valence-electron chi connectivity index (χ1n) is 12.7. The molecule has 1 heterocycles. The molecule has 2 amide bonds. The number of benzene rings is 3. The second kappa shape index (κ2) is 11.2. The average molecular weight is 498 g/mol. The van der Waals surface area contributed by atoms with Crippen LogP contribution in [0.1, 0.15) is 42.9 Å². The Labute approximate surface area is 216 Å². The van der Waals surface area contributed by atoms with E-state index in [1.807, 2.05) is 78.9 Å². The predicted octanol–water partition coefficient (Wildman–Crippen LogP) is 4.27. The van der Waals surface area contributed by atoms with Crippen LogP contribution in [0.15, 0.2) is 78.9 Å². The molecule has 0 saturated heterocycles. The minimum absolute atomic E-state index is 0.0372. The average Bonchev–Trinajstić information content (AvgIpc) is 3.59. The SMILES string of the molecule is COc1cccc(CN(C(=O)Cn2nnc3ccccc32)[C@H](C(=O)NC2CCCC2)c2ccccc2)c1. The van der Waals surface area contributed by atoms with Gasteiger partial charge in [0.25, 0.3) is 0 Å². The van der Waals surface area contributed by atoms with Crippen molar-refractivity contribution in [1.29, 1.82) is 0 Å². The molecular formula is C29H31N5O3. The van der Waals surface area contributed by atoms with Crippen LogP contribution in [0.2, 0.25) is 0 Å². The molecule has 8 nitrogen and oxygen atoms in total. The summed E-state index contributed by atoms with van der Waals surface area (Å²) in [5, 5.41) is 11.6. The Morgan fingerprint density at radius 3 is 2.57 bits per heavy atom. The molecule has 8 heteroatoms. The number of aromatic nitrogens is 3. The van der Waals surface area contributed by atoms with Crippen LogP contribution < -0.4 is 10.1 Å². The van der Waals surface area contributed by atoms with Crippen molar-refractivity contribution in [3.05, 3.63) is 90.0 Å². The van der Waals surface area contributed by atoms with Crippen LogP contribution in [0.25, 0.3) is 11.0 Å². The van der Waals surface area contributed by atoms with Gasteiger partial charge >= 0.3 is 0 Å². The number of rotatable bonds is 9. The van der Waals surface area contributed by atoms with Crippen molar-refractivity contribution < 1.29 is 14.3 Å². The maximum Gasteiger partial charge on any atom is 0.247 e. The Balaban J connectivity index is 1.52. The molecule has 0 radical (unpaired) electrons. The zero-order chi connectivity index (χ0) is 25.6. The van der Waals surface area contributed by atoms with Crippen molar-refractivity contribution in [2.45, 2.75) is 50.9 Å². The highest BCUT2D eigenvalue weighted by Gasteiger charge is 2.33. The first-order chi connectivity index (χ1) is 18.1. The van der Waals surface area contributed by atoms with E-state index in [-0.39, 0.29) is 30.9 Å². The van der Waals surface area contributed by atoms with Gasteiger partial charge in [0, 0.05) is 12.6 Å². The Morgan fingerprint density at radius 2 is 1.78 bits per heavy atom. The molecule has 1 N–H and O–H groups in total. The maximum atomic E-state index is 14.0. The predicted molar refractivity (Wildman–Crippen MR) is 141 cm³/mol. The van der Waals surface area contributed by atoms with Gasteiger partial charge in [-0.1, -0.05) is 72.7 Å². The normalized spacial score (nSPS) is 14.4. The molecule has 190 valence electrons. The topological polar surface area (TPSA) is 89.3 Å². The second-order valence-corrected chi connectivity index (χ2v) is 9.41. The summed E-state index contributed by atoms with van der Waals surface area (Å²) in [5.74, 6) is 0.297. The maximum absolute atomic E-state index is 14.0. The molecule has 1 aromatic heterocycles. The number of nitrogens with zero attached hydrogens (tertiary/aromatic N) is 4. The summed E-state index contributed by atoms with van der Waals surface area (Å²) in [7, 11) is 1.61. The molecule has 0 aliphatic heterocycles. The Bertz CT molecular complexity index is 1360. The van der Waals surface area contributed by atoms with Crippen LogP contribution >= 0.6 is 0 Å². The Morgan fingerprint density at radius 1 is 1.03 bits per heavy atom. The molecular weight excluding hydrogens is 466 g/mol. The molecule has 1 aliphatic carbocycles. The second-order valence-electron chi connectivity index (χ2n) is 9.41. The molecule has 1 aliphatic rings. The molecule has 1 atom stereocenters. The van der Waals surface area contributed by atoms with Crippen molar-refractivity contribution >= 4 is 22.8 Å². The molecule has 0 spiro atoms. The molecule has 0 bridgehead atoms. The van der Waals surface area contributed by atoms with Gasteiger partial charge in [-0.2, -0.15) is 0 Å². The van der Waals surface area contributed by atoms with Crippen molar-refractivity contribution in [3.63, 3.8) is 0 Å². The molecule has 1 fully saturated rings. The zero-order valence-corrected chi connectivity index (χ0v) is 20.9. The molecule has 0 unspecified atom stereocenters. The number of carbonyl (C=O) groups is 2. The van der Waals surface area contributed by atoms with E-state index in [0.717, 1.165) is 42.3 Å². The van der Waals surface area contributed by atoms with Crippen LogP contribution in [-0.2, 0) is 22.7 Å². The van der Waals surface area contributed by atoms with Gasteiger partial charge in [0.1, 0.15) is 23.9 Å². The number of nitrogens with one attached hydrogen (secondary N) is 1. The Hall–Kier alpha value is -4.20. The fourth-order valence-corrected chi connectivity index (χ4v) is 5.00. The van der Waals surface area contributed by atoms with Gasteiger partial charge in [0.15, 0.2) is 0 Å². The van der Waals surface area contributed by atoms with Gasteiger partial charge in [-0.05, 0) is 48.2 Å². The van der Waals surface area contributed by atoms with Crippen LogP contribution in [0.3, 0.4) is 0 Å². The monoisotopic (exact) mass is 497 g/mol. The fraction of sp³-hybridized carbons (Fsp3) is 0.310. The summed E-state index contributed by atoms with van der Waals surface area (Å²) in [6, 6.07) is 23.9. The summed E-state index contributed by atoms with van der Waals surface area (Å²) >= 11 is 0. The largest absolute Gasteiger partial charge is 0.497 e. The lowest BCUT2D eigenvalue weighted by Gasteiger charge is -2.32. The smallest absolute Gasteiger partial charge is 0.247 e. The van der Waals surface area contributed by atoms with E-state index in [0.29, 0.717) is 11.3 Å². The van der Waals surface area contributed by atoms with Crippen LogP contribution in [0.4, 0.5) is 0 Å². The molecule has 5 rings (SSSR count). The van der Waals surface area contributed by atoms with Gasteiger partial charge in [-0.15, -0.1) is 5.10 Å². The van der Waals surface area contributed by atoms with E-state index in [1.54, 1.807) is 16.7 Å². The summed E-state index contributed by atoms with van der Waals surface area (Å²) < 4.78 is 7.00. The Kier molecular flexibility index (Phi) is 7.44. The van der Waals surface area contributed by atoms with Gasteiger partial charge in [-0.25, -0.2) is 4.68 Å². The number of methoxy groups -OCH3 is 1. The highest BCUT2D eigenvalue weighted by atomic mass is 16.5. The number of amides is 2. The number of ether oxygens (including phenoxy) is 1. The summed E-state index contributed by atoms with van der Waals surface area (Å²) in [6.07, 6.45) is 4.13. The third kappa shape index (κ3) is 5.63. The summed E-state index contributed by atoms with van der Waals surface area (Å²) in [5.41, 5.74) is 3.11. The minimum atomic E-state index is -0.796. The van der Waals surface area contributed by atoms with Crippen LogP contribution in [-0.4, -0.2) is 44.9 Å². The quantitative estimate of drug-likeness (QED) is 0.373. The van der Waals surface area contributed by atoms with Crippen molar-refractivity contribution in [1.82, 2.24) is 25.2 Å². The first-order valence-corrected chi connectivity index (χ1v) is 12.7. The van der Waals surface area contributed by atoms with Crippen molar-refractivity contribution in [3.8, 4) is 5.75 Å². The third-order valence-electron chi connectivity index (χ3n) is 6.89. The van der Waals surface area contributed by atoms with E-state index >= 15 is 0 Å². The van der Waals surface area contributed by atoms with E-state index < -0.39 is 6.04 Å². The van der Waals surface area contributed by atoms with E-state index in [2.05, 4.69) is 15.6 Å². The lowest BCUT2D eigenvalue weighted by atomic mass is 10.0. The lowest BCUT2D eigenvalue weighted by Crippen LogP contribution is -2.46. The fourth-order valence-electron chi connectivity index (χ4n) is 5.00. The number of hydrogen-bond donors (Lipinski definition) is 1. The highest BCUT2D eigenvalue weighted by molar-refractivity contribution is 5.89. The van der Waals surface area contributed by atoms with E-state index in [1.165, 1.54) is 0 Å². The van der Waals surface area contributed by atoms with Gasteiger partial charge in [0.2, 0.25) is 11.8 Å². The molecule has 3 aromatic carbocycles. The number of para-hydroxylation sites is 1. The number of fused-ring (bicyclic) bond motifs is 1. The molecule has 37 heavy (non-hydrogen) atoms. The van der Waals surface area contributed by atoms with Gasteiger partial charge in [-0.3, -0.25) is 9.59 Å². The zero-order valence-electron chi connectivity index (χ0n) is 20.9. The van der Waals surface area contributed by atoms with E-state index in [4.69, 9.17) is 4.74 Å². The van der Waals surface area contributed by atoms with Crippen molar-refractivity contribution in [2.24, 2.45) is 0 Å². The first kappa shape index (κ1) is 24.5. The lowest BCUT2D eigenvalue weighted by molar-refractivity contribution is -0.142. The number of carbonyl (C=O) groups excluding carboxylic acids is 2. The van der Waals surface area contributed by atoms with Crippen molar-refractivity contribution in [2.75, 3.05) is 7.11 Å². The van der Waals surface area contributed by atoms with E-state index in [9.17, 15) is 9.59 Å². The number of hydrogen-bond acceptors (Lipinski definition) is 5. The highest BCUT2D eigenvalue weighted by Crippen LogP contribution is 2.27. The van der Waals surface area contributed by atoms with Crippen LogP contribution in [0.5, 0.6) is 5.75 Å². The standard InChI is InChI=1S/C29H31N5O3/c1-37-24-15-9-10-21(18-24)19-33(27(35)20-34-26-17-8-7-16-25(26)31-32-34)28(22-11-3-2-4-12-22)29(36)30-23-13-5-6-14-23/h2-4,7-12,15-18,23,28H,5-6,13-14,19-20H2,1H3,(H,30,36)/t28-/m0/s1. The van der Waals surface area contributed by atoms with Crippen LogP contribution in [0, 0.1) is 0 Å².